The zero-order valence-corrected chi connectivity index (χ0v) is 14.4. The largest absolute Gasteiger partial charge is 0.493 e. The first-order chi connectivity index (χ1) is 12.2. The van der Waals surface area contributed by atoms with Crippen LogP contribution in [-0.2, 0) is 4.79 Å². The minimum absolute atomic E-state index is 0.194. The number of carbonyl (C=O) groups excluding carboxylic acids is 1. The maximum absolute atomic E-state index is 11.9. The highest BCUT2D eigenvalue weighted by atomic mass is 16.5. The molecule has 2 rings (SSSR count). The van der Waals surface area contributed by atoms with Gasteiger partial charge in [-0.05, 0) is 35.9 Å². The molecule has 128 valence electrons. The average Bonchev–Trinajstić information content (AvgIpc) is 2.65. The van der Waals surface area contributed by atoms with Crippen molar-refractivity contribution in [2.75, 3.05) is 19.0 Å². The van der Waals surface area contributed by atoms with E-state index in [0.29, 0.717) is 18.1 Å². The fourth-order valence-electron chi connectivity index (χ4n) is 2.07. The summed E-state index contributed by atoms with van der Waals surface area (Å²) < 4.78 is 10.9. The summed E-state index contributed by atoms with van der Waals surface area (Å²) in [5.41, 5.74) is 1.60. The molecule has 0 spiro atoms. The molecular weight excluding hydrogens is 314 g/mol. The van der Waals surface area contributed by atoms with E-state index >= 15 is 0 Å². The van der Waals surface area contributed by atoms with Crippen molar-refractivity contribution in [3.05, 3.63) is 60.2 Å². The van der Waals surface area contributed by atoms with Gasteiger partial charge in [0.25, 0.3) is 0 Å². The van der Waals surface area contributed by atoms with Gasteiger partial charge in [0, 0.05) is 18.2 Å². The van der Waals surface area contributed by atoms with Gasteiger partial charge in [-0.25, -0.2) is 0 Å². The molecule has 4 heteroatoms. The zero-order valence-electron chi connectivity index (χ0n) is 14.4. The topological polar surface area (TPSA) is 47.6 Å². The SMILES string of the molecule is CCC#CCOc1ccc(/C=C/C(=O)Nc2ccccc2)cc1OC. The molecule has 2 aromatic carbocycles. The Morgan fingerprint density at radius 1 is 1.12 bits per heavy atom. The number of amides is 1. The standard InChI is InChI=1S/C21H21NO3/c1-3-4-8-15-25-19-13-11-17(16-20(19)24-2)12-14-21(23)22-18-9-6-5-7-10-18/h5-7,9-14,16H,3,15H2,1-2H3,(H,22,23)/b14-12+. The first kappa shape index (κ1) is 18.2. The minimum Gasteiger partial charge on any atom is -0.493 e. The van der Waals surface area contributed by atoms with E-state index in [0.717, 1.165) is 17.7 Å². The lowest BCUT2D eigenvalue weighted by molar-refractivity contribution is -0.111. The summed E-state index contributed by atoms with van der Waals surface area (Å²) in [6.07, 6.45) is 4.01. The molecule has 0 bridgehead atoms. The Hall–Kier alpha value is -3.19. The maximum atomic E-state index is 11.9. The lowest BCUT2D eigenvalue weighted by Crippen LogP contribution is -2.07. The Bertz CT molecular complexity index is 786. The van der Waals surface area contributed by atoms with Crippen molar-refractivity contribution >= 4 is 17.7 Å². The molecular formula is C21H21NO3. The number of anilines is 1. The van der Waals surface area contributed by atoms with E-state index < -0.39 is 0 Å². The third-order valence-corrected chi connectivity index (χ3v) is 3.26. The Labute approximate surface area is 148 Å². The zero-order chi connectivity index (χ0) is 17.9. The lowest BCUT2D eigenvalue weighted by Gasteiger charge is -2.09. The van der Waals surface area contributed by atoms with Crippen molar-refractivity contribution in [3.8, 4) is 23.3 Å². The van der Waals surface area contributed by atoms with Crippen LogP contribution in [0.15, 0.2) is 54.6 Å². The molecule has 0 saturated carbocycles. The highest BCUT2D eigenvalue weighted by molar-refractivity contribution is 6.01. The van der Waals surface area contributed by atoms with Gasteiger partial charge >= 0.3 is 0 Å². The summed E-state index contributed by atoms with van der Waals surface area (Å²) in [5.74, 6) is 6.90. The number of hydrogen-bond donors (Lipinski definition) is 1. The predicted molar refractivity (Wildman–Crippen MR) is 101 cm³/mol. The fourth-order valence-corrected chi connectivity index (χ4v) is 2.07. The number of hydrogen-bond acceptors (Lipinski definition) is 3. The van der Waals surface area contributed by atoms with Crippen molar-refractivity contribution < 1.29 is 14.3 Å². The van der Waals surface area contributed by atoms with Gasteiger partial charge < -0.3 is 14.8 Å². The number of para-hydroxylation sites is 1. The monoisotopic (exact) mass is 335 g/mol. The summed E-state index contributed by atoms with van der Waals surface area (Å²) in [5, 5.41) is 2.80. The van der Waals surface area contributed by atoms with Crippen molar-refractivity contribution in [3.63, 3.8) is 0 Å². The smallest absolute Gasteiger partial charge is 0.248 e. The van der Waals surface area contributed by atoms with E-state index in [2.05, 4.69) is 17.2 Å². The third-order valence-electron chi connectivity index (χ3n) is 3.26. The van der Waals surface area contributed by atoms with Crippen molar-refractivity contribution in [1.29, 1.82) is 0 Å². The number of ether oxygens (including phenoxy) is 2. The van der Waals surface area contributed by atoms with E-state index in [-0.39, 0.29) is 5.91 Å². The summed E-state index contributed by atoms with van der Waals surface area (Å²) in [6.45, 7) is 2.31. The molecule has 25 heavy (non-hydrogen) atoms. The van der Waals surface area contributed by atoms with Crippen LogP contribution in [0.25, 0.3) is 6.08 Å². The van der Waals surface area contributed by atoms with E-state index in [9.17, 15) is 4.79 Å². The minimum atomic E-state index is -0.194. The van der Waals surface area contributed by atoms with Crippen LogP contribution in [0.4, 0.5) is 5.69 Å². The van der Waals surface area contributed by atoms with Crippen LogP contribution in [0, 0.1) is 11.8 Å². The fraction of sp³-hybridized carbons (Fsp3) is 0.190. The van der Waals surface area contributed by atoms with Crippen LogP contribution in [0.2, 0.25) is 0 Å². The van der Waals surface area contributed by atoms with Gasteiger partial charge in [-0.1, -0.05) is 37.1 Å². The molecule has 0 aliphatic rings. The molecule has 0 saturated heterocycles. The first-order valence-corrected chi connectivity index (χ1v) is 8.03. The van der Waals surface area contributed by atoms with Crippen LogP contribution in [0.5, 0.6) is 11.5 Å². The molecule has 2 aromatic rings. The number of benzene rings is 2. The normalized spacial score (nSPS) is 10.0. The van der Waals surface area contributed by atoms with Gasteiger partial charge in [0.1, 0.15) is 6.61 Å². The van der Waals surface area contributed by atoms with Gasteiger partial charge in [0.2, 0.25) is 5.91 Å². The average molecular weight is 335 g/mol. The quantitative estimate of drug-likeness (QED) is 0.637. The Morgan fingerprint density at radius 3 is 2.64 bits per heavy atom. The molecule has 1 amide bonds. The molecule has 0 heterocycles. The van der Waals surface area contributed by atoms with E-state index in [4.69, 9.17) is 9.47 Å². The third kappa shape index (κ3) is 6.08. The molecule has 0 aliphatic carbocycles. The number of carbonyl (C=O) groups is 1. The molecule has 0 aliphatic heterocycles. The Morgan fingerprint density at radius 2 is 1.92 bits per heavy atom. The molecule has 1 N–H and O–H groups in total. The molecule has 0 atom stereocenters. The van der Waals surface area contributed by atoms with Crippen LogP contribution in [0.1, 0.15) is 18.9 Å². The molecule has 0 radical (unpaired) electrons. The van der Waals surface area contributed by atoms with Crippen LogP contribution < -0.4 is 14.8 Å². The number of nitrogens with one attached hydrogen (secondary N) is 1. The van der Waals surface area contributed by atoms with Crippen molar-refractivity contribution in [2.24, 2.45) is 0 Å². The highest BCUT2D eigenvalue weighted by Crippen LogP contribution is 2.28. The summed E-state index contributed by atoms with van der Waals surface area (Å²) in [7, 11) is 1.58. The maximum Gasteiger partial charge on any atom is 0.248 e. The summed E-state index contributed by atoms with van der Waals surface area (Å²) >= 11 is 0. The van der Waals surface area contributed by atoms with Crippen LogP contribution in [0.3, 0.4) is 0 Å². The molecule has 0 fully saturated rings. The Balaban J connectivity index is 2.00. The second-order valence-electron chi connectivity index (χ2n) is 5.09. The van der Waals surface area contributed by atoms with Crippen molar-refractivity contribution in [1.82, 2.24) is 0 Å². The van der Waals surface area contributed by atoms with Gasteiger partial charge in [-0.3, -0.25) is 4.79 Å². The van der Waals surface area contributed by atoms with E-state index in [1.807, 2.05) is 49.4 Å². The summed E-state index contributed by atoms with van der Waals surface area (Å²) in [6, 6.07) is 14.8. The predicted octanol–water partition coefficient (Wildman–Crippen LogP) is 4.14. The second-order valence-corrected chi connectivity index (χ2v) is 5.09. The van der Waals surface area contributed by atoms with Gasteiger partial charge in [-0.15, -0.1) is 5.92 Å². The lowest BCUT2D eigenvalue weighted by atomic mass is 10.2. The van der Waals surface area contributed by atoms with Crippen LogP contribution in [-0.4, -0.2) is 19.6 Å². The molecule has 0 unspecified atom stereocenters. The Kier molecular flexibility index (Phi) is 7.14. The molecule has 4 nitrogen and oxygen atoms in total. The van der Waals surface area contributed by atoms with Gasteiger partial charge in [-0.2, -0.15) is 0 Å². The van der Waals surface area contributed by atoms with Crippen molar-refractivity contribution in [2.45, 2.75) is 13.3 Å². The van der Waals surface area contributed by atoms with Gasteiger partial charge in [0.05, 0.1) is 7.11 Å². The van der Waals surface area contributed by atoms with Gasteiger partial charge in [0.15, 0.2) is 11.5 Å². The summed E-state index contributed by atoms with van der Waals surface area (Å²) in [4.78, 5) is 11.9. The van der Waals surface area contributed by atoms with E-state index in [1.165, 1.54) is 6.08 Å². The second kappa shape index (κ2) is 9.84. The first-order valence-electron chi connectivity index (χ1n) is 8.03. The number of rotatable bonds is 6. The highest BCUT2D eigenvalue weighted by Gasteiger charge is 2.04. The van der Waals surface area contributed by atoms with E-state index in [1.54, 1.807) is 19.3 Å². The van der Waals surface area contributed by atoms with Crippen LogP contribution >= 0.6 is 0 Å². The number of methoxy groups -OCH3 is 1. The molecule has 0 aromatic heterocycles.